The number of ether oxygens (including phenoxy) is 2. The summed E-state index contributed by atoms with van der Waals surface area (Å²) < 4.78 is 28.0. The number of halogens is 1. The molecule has 1 N–H and O–H groups in total. The second-order valence-electron chi connectivity index (χ2n) is 7.79. The van der Waals surface area contributed by atoms with Gasteiger partial charge in [0.15, 0.2) is 16.9 Å². The van der Waals surface area contributed by atoms with Gasteiger partial charge in [0.25, 0.3) is 5.88 Å². The number of anilines is 2. The highest BCUT2D eigenvalue weighted by Gasteiger charge is 2.23. The zero-order valence-electron chi connectivity index (χ0n) is 19.2. The van der Waals surface area contributed by atoms with E-state index in [-0.39, 0.29) is 27.9 Å². The second-order valence-corrected chi connectivity index (χ2v) is 7.79. The number of hydrogen-bond acceptors (Lipinski definition) is 5. The monoisotopic (exact) mass is 467 g/mol. The van der Waals surface area contributed by atoms with Crippen molar-refractivity contribution >= 4 is 22.5 Å². The number of rotatable bonds is 6. The molecule has 0 bridgehead atoms. The van der Waals surface area contributed by atoms with E-state index < -0.39 is 5.82 Å². The molecule has 0 fully saturated rings. The highest BCUT2D eigenvalue weighted by atomic mass is 19.1. The molecule has 2 heterocycles. The van der Waals surface area contributed by atoms with Crippen molar-refractivity contribution in [2.45, 2.75) is 0 Å². The first-order valence-corrected chi connectivity index (χ1v) is 11.0. The molecule has 0 aliphatic heterocycles. The molecular weight excluding hydrogens is 445 g/mol. The Balaban J connectivity index is 1.88. The lowest BCUT2D eigenvalue weighted by Gasteiger charge is -2.20. The fourth-order valence-corrected chi connectivity index (χ4v) is 4.06. The Bertz CT molecular complexity index is 1550. The molecule has 7 heteroatoms. The minimum atomic E-state index is -0.703. The molecule has 174 valence electrons. The first-order chi connectivity index (χ1) is 17.1. The molecule has 0 aliphatic rings. The van der Waals surface area contributed by atoms with Gasteiger partial charge in [-0.2, -0.15) is 4.98 Å². The second kappa shape index (κ2) is 9.30. The summed E-state index contributed by atoms with van der Waals surface area (Å²) in [4.78, 5) is 18.0. The topological polar surface area (TPSA) is 65.4 Å². The number of methoxy groups -OCH3 is 2. The van der Waals surface area contributed by atoms with Crippen LogP contribution in [0.2, 0.25) is 0 Å². The summed E-state index contributed by atoms with van der Waals surface area (Å²) in [6.07, 6.45) is 0. The van der Waals surface area contributed by atoms with Crippen molar-refractivity contribution in [1.29, 1.82) is 0 Å². The quantitative estimate of drug-likeness (QED) is 0.334. The Morgan fingerprint density at radius 1 is 0.857 bits per heavy atom. The Kier molecular flexibility index (Phi) is 5.89. The predicted octanol–water partition coefficient (Wildman–Crippen LogP) is 5.95. The highest BCUT2D eigenvalue weighted by Crippen LogP contribution is 2.36. The standard InChI is InChI=1S/C28H22FN3O3/c1-34-21-15-13-18(14-16-21)24-25-22(33)17-23(30-19-9-5-3-6-10-19)32(20-11-7-4-8-12-20)27(25)31-28(35-2)26(24)29/h3-17,30H,1-2H3. The third kappa shape index (κ3) is 4.08. The Hall–Kier alpha value is -4.65. The first kappa shape index (κ1) is 22.2. The third-order valence-electron chi connectivity index (χ3n) is 5.69. The molecule has 35 heavy (non-hydrogen) atoms. The molecule has 0 saturated carbocycles. The molecule has 0 spiro atoms. The van der Waals surface area contributed by atoms with Crippen LogP contribution in [-0.2, 0) is 0 Å². The molecule has 0 saturated heterocycles. The van der Waals surface area contributed by atoms with Gasteiger partial charge in [-0.05, 0) is 42.0 Å². The van der Waals surface area contributed by atoms with Crippen LogP contribution in [0.15, 0.2) is 95.8 Å². The van der Waals surface area contributed by atoms with Gasteiger partial charge < -0.3 is 14.8 Å². The van der Waals surface area contributed by atoms with Gasteiger partial charge in [0, 0.05) is 23.0 Å². The fourth-order valence-electron chi connectivity index (χ4n) is 4.06. The minimum absolute atomic E-state index is 0.121. The van der Waals surface area contributed by atoms with Crippen LogP contribution in [0, 0.1) is 5.82 Å². The van der Waals surface area contributed by atoms with Crippen LogP contribution in [0.25, 0.3) is 27.8 Å². The summed E-state index contributed by atoms with van der Waals surface area (Å²) in [5.41, 5.74) is 2.07. The number of pyridine rings is 2. The summed E-state index contributed by atoms with van der Waals surface area (Å²) in [7, 11) is 2.91. The van der Waals surface area contributed by atoms with E-state index in [2.05, 4.69) is 10.3 Å². The number of benzene rings is 3. The van der Waals surface area contributed by atoms with E-state index in [1.807, 2.05) is 60.7 Å². The number of nitrogens with zero attached hydrogens (tertiary/aromatic N) is 2. The van der Waals surface area contributed by atoms with Gasteiger partial charge in [-0.15, -0.1) is 0 Å². The van der Waals surface area contributed by atoms with Crippen molar-refractivity contribution in [1.82, 2.24) is 9.55 Å². The van der Waals surface area contributed by atoms with E-state index >= 15 is 4.39 Å². The molecule has 0 aliphatic carbocycles. The SMILES string of the molecule is COc1ccc(-c2c(F)c(OC)nc3c2c(=O)cc(Nc2ccccc2)n3-c2ccccc2)cc1. The van der Waals surface area contributed by atoms with Gasteiger partial charge in [0.1, 0.15) is 11.6 Å². The van der Waals surface area contributed by atoms with Crippen LogP contribution in [0.4, 0.5) is 15.9 Å². The van der Waals surface area contributed by atoms with Gasteiger partial charge >= 0.3 is 0 Å². The third-order valence-corrected chi connectivity index (χ3v) is 5.69. The zero-order chi connectivity index (χ0) is 24.4. The van der Waals surface area contributed by atoms with Gasteiger partial charge in [-0.3, -0.25) is 9.36 Å². The van der Waals surface area contributed by atoms with Gasteiger partial charge in [-0.1, -0.05) is 48.5 Å². The summed E-state index contributed by atoms with van der Waals surface area (Å²) in [5.74, 6) is 0.201. The smallest absolute Gasteiger partial charge is 0.252 e. The van der Waals surface area contributed by atoms with Crippen LogP contribution < -0.4 is 20.2 Å². The summed E-state index contributed by atoms with van der Waals surface area (Å²) in [6, 6.07) is 27.3. The molecule has 0 atom stereocenters. The lowest BCUT2D eigenvalue weighted by atomic mass is 10.0. The van der Waals surface area contributed by atoms with Crippen LogP contribution in [0.1, 0.15) is 0 Å². The van der Waals surface area contributed by atoms with Gasteiger partial charge in [-0.25, -0.2) is 4.39 Å². The molecular formula is C28H22FN3O3. The predicted molar refractivity (Wildman–Crippen MR) is 136 cm³/mol. The van der Waals surface area contributed by atoms with Gasteiger partial charge in [0.2, 0.25) is 0 Å². The number of hydrogen-bond donors (Lipinski definition) is 1. The lowest BCUT2D eigenvalue weighted by molar-refractivity contribution is 0.371. The van der Waals surface area contributed by atoms with Crippen LogP contribution >= 0.6 is 0 Å². The van der Waals surface area contributed by atoms with Gasteiger partial charge in [0.05, 0.1) is 19.6 Å². The number of fused-ring (bicyclic) bond motifs is 1. The maximum atomic E-state index is 15.7. The van der Waals surface area contributed by atoms with Crippen molar-refractivity contribution in [2.75, 3.05) is 19.5 Å². The molecule has 2 aromatic heterocycles. The molecule has 0 unspecified atom stereocenters. The number of para-hydroxylation sites is 2. The molecule has 3 aromatic carbocycles. The summed E-state index contributed by atoms with van der Waals surface area (Å²) in [5, 5.41) is 3.45. The lowest BCUT2D eigenvalue weighted by Crippen LogP contribution is -2.16. The average Bonchev–Trinajstić information content (AvgIpc) is 2.90. The first-order valence-electron chi connectivity index (χ1n) is 11.0. The molecule has 6 nitrogen and oxygen atoms in total. The Morgan fingerprint density at radius 3 is 2.14 bits per heavy atom. The molecule has 0 amide bonds. The average molecular weight is 468 g/mol. The van der Waals surface area contributed by atoms with Crippen molar-refractivity contribution in [2.24, 2.45) is 0 Å². The van der Waals surface area contributed by atoms with E-state index in [1.165, 1.54) is 13.2 Å². The van der Waals surface area contributed by atoms with Crippen LogP contribution in [0.3, 0.4) is 0 Å². The summed E-state index contributed by atoms with van der Waals surface area (Å²) in [6.45, 7) is 0. The van der Waals surface area contributed by atoms with Crippen molar-refractivity contribution in [3.63, 3.8) is 0 Å². The largest absolute Gasteiger partial charge is 0.497 e. The Morgan fingerprint density at radius 2 is 1.51 bits per heavy atom. The molecule has 5 aromatic rings. The molecule has 0 radical (unpaired) electrons. The van der Waals surface area contributed by atoms with E-state index in [0.29, 0.717) is 17.1 Å². The van der Waals surface area contributed by atoms with Crippen molar-refractivity contribution < 1.29 is 13.9 Å². The van der Waals surface area contributed by atoms with E-state index in [4.69, 9.17) is 9.47 Å². The number of aromatic nitrogens is 2. The maximum Gasteiger partial charge on any atom is 0.252 e. The zero-order valence-corrected chi connectivity index (χ0v) is 19.2. The normalized spacial score (nSPS) is 10.8. The summed E-state index contributed by atoms with van der Waals surface area (Å²) >= 11 is 0. The number of nitrogens with one attached hydrogen (secondary N) is 1. The minimum Gasteiger partial charge on any atom is -0.497 e. The van der Waals surface area contributed by atoms with Crippen LogP contribution in [0.5, 0.6) is 11.6 Å². The highest BCUT2D eigenvalue weighted by molar-refractivity contribution is 5.96. The van der Waals surface area contributed by atoms with E-state index in [0.717, 1.165) is 11.4 Å². The van der Waals surface area contributed by atoms with Crippen LogP contribution in [-0.4, -0.2) is 23.8 Å². The van der Waals surface area contributed by atoms with E-state index in [9.17, 15) is 4.79 Å². The van der Waals surface area contributed by atoms with Crippen molar-refractivity contribution in [3.8, 4) is 28.4 Å². The Labute approximate surface area is 201 Å². The fraction of sp³-hybridized carbons (Fsp3) is 0.0714. The maximum absolute atomic E-state index is 15.7. The van der Waals surface area contributed by atoms with Crippen molar-refractivity contribution in [3.05, 3.63) is 107 Å². The molecule has 5 rings (SSSR count). The van der Waals surface area contributed by atoms with E-state index in [1.54, 1.807) is 35.9 Å².